The Hall–Kier alpha value is -5.03. The highest BCUT2D eigenvalue weighted by atomic mass is 32.2. The first-order valence-electron chi connectivity index (χ1n) is 13.6. The number of furan rings is 1. The Balaban J connectivity index is 1.40. The minimum Gasteiger partial charge on any atom is -0.467 e. The zero-order valence-electron chi connectivity index (χ0n) is 22.7. The molecular weight excluding hydrogens is 571 g/mol. The zero-order valence-corrected chi connectivity index (χ0v) is 23.6. The summed E-state index contributed by atoms with van der Waals surface area (Å²) in [6.07, 6.45) is 1.53. The average molecular weight is 597 g/mol. The van der Waals surface area contributed by atoms with E-state index in [0.717, 1.165) is 16.7 Å². The molecule has 4 heterocycles. The Kier molecular flexibility index (Phi) is 7.07. The average Bonchev–Trinajstić information content (AvgIpc) is 3.79. The fourth-order valence-corrected chi connectivity index (χ4v) is 6.42. The Labute approximate surface area is 250 Å². The molecular formula is C32H25FN4O5S. The van der Waals surface area contributed by atoms with Gasteiger partial charge in [-0.2, -0.15) is 5.10 Å². The molecule has 0 aliphatic carbocycles. The van der Waals surface area contributed by atoms with Crippen LogP contribution in [0.1, 0.15) is 22.1 Å². The van der Waals surface area contributed by atoms with E-state index < -0.39 is 5.82 Å². The lowest BCUT2D eigenvalue weighted by atomic mass is 9.99. The van der Waals surface area contributed by atoms with Gasteiger partial charge < -0.3 is 19.2 Å². The predicted molar refractivity (Wildman–Crippen MR) is 159 cm³/mol. The van der Waals surface area contributed by atoms with Gasteiger partial charge in [0.05, 0.1) is 35.2 Å². The molecule has 3 aromatic carbocycles. The Morgan fingerprint density at radius 3 is 2.60 bits per heavy atom. The molecule has 0 spiro atoms. The molecule has 1 atom stereocenters. The zero-order chi connectivity index (χ0) is 29.3. The molecule has 0 unspecified atom stereocenters. The standard InChI is InChI=1S/C32H25FN4O5S/c33-22-9-11-23(12-10-22)37-32-29(30(35-37)20-5-2-1-3-6-20)31(21-8-13-25-26(15-21)42-19-41-25)43-18-28(39)36(32)17-27(38)34-16-24-7-4-14-40-24/h1-15,31H,16-19H2,(H,34,38)/t31-/m0/s1. The van der Waals surface area contributed by atoms with Crippen molar-refractivity contribution in [2.24, 2.45) is 0 Å². The molecule has 43 heavy (non-hydrogen) atoms. The van der Waals surface area contributed by atoms with Crippen molar-refractivity contribution in [2.45, 2.75) is 11.8 Å². The second-order valence-corrected chi connectivity index (χ2v) is 11.1. The summed E-state index contributed by atoms with van der Waals surface area (Å²) in [6, 6.07) is 24.8. The van der Waals surface area contributed by atoms with E-state index in [0.29, 0.717) is 34.5 Å². The Morgan fingerprint density at radius 1 is 1.00 bits per heavy atom. The summed E-state index contributed by atoms with van der Waals surface area (Å²) in [5, 5.41) is 7.50. The number of nitrogens with zero attached hydrogens (tertiary/aromatic N) is 3. The Bertz CT molecular complexity index is 1790. The van der Waals surface area contributed by atoms with Crippen molar-refractivity contribution in [2.75, 3.05) is 24.0 Å². The van der Waals surface area contributed by atoms with E-state index in [4.69, 9.17) is 19.0 Å². The first-order chi connectivity index (χ1) is 21.0. The highest BCUT2D eigenvalue weighted by Gasteiger charge is 2.38. The predicted octanol–water partition coefficient (Wildman–Crippen LogP) is 5.49. The molecule has 0 radical (unpaired) electrons. The van der Waals surface area contributed by atoms with Crippen molar-refractivity contribution in [1.29, 1.82) is 0 Å². The van der Waals surface area contributed by atoms with Crippen molar-refractivity contribution in [3.63, 3.8) is 0 Å². The van der Waals surface area contributed by atoms with Gasteiger partial charge in [0.2, 0.25) is 18.6 Å². The van der Waals surface area contributed by atoms with Gasteiger partial charge in [-0.15, -0.1) is 11.8 Å². The molecule has 2 aliphatic rings. The molecule has 9 nitrogen and oxygen atoms in total. The van der Waals surface area contributed by atoms with Crippen molar-refractivity contribution in [3.05, 3.63) is 114 Å². The van der Waals surface area contributed by atoms with E-state index in [2.05, 4.69) is 5.32 Å². The van der Waals surface area contributed by atoms with Crippen LogP contribution in [0.15, 0.2) is 95.6 Å². The second-order valence-electron chi connectivity index (χ2n) is 9.98. The van der Waals surface area contributed by atoms with E-state index in [1.54, 1.807) is 28.9 Å². The first-order valence-corrected chi connectivity index (χ1v) is 14.6. The number of carbonyl (C=O) groups is 2. The second kappa shape index (κ2) is 11.3. The van der Waals surface area contributed by atoms with Gasteiger partial charge in [0.15, 0.2) is 11.5 Å². The maximum atomic E-state index is 14.0. The SMILES string of the molecule is O=C(CN1C(=O)CS[C@@H](c2ccc3c(c2)OCO3)c2c(-c3ccccc3)nn(-c3ccc(F)cc3)c21)NCc1ccco1. The van der Waals surface area contributed by atoms with Crippen LogP contribution in [0, 0.1) is 5.82 Å². The number of hydrogen-bond acceptors (Lipinski definition) is 7. The Morgan fingerprint density at radius 2 is 1.81 bits per heavy atom. The quantitative estimate of drug-likeness (QED) is 0.266. The third kappa shape index (κ3) is 5.23. The monoisotopic (exact) mass is 596 g/mol. The summed E-state index contributed by atoms with van der Waals surface area (Å²) in [4.78, 5) is 28.6. The fraction of sp³-hybridized carbons (Fsp3) is 0.156. The lowest BCUT2D eigenvalue weighted by Crippen LogP contribution is -2.42. The van der Waals surface area contributed by atoms with Crippen LogP contribution >= 0.6 is 11.8 Å². The number of rotatable bonds is 7. The van der Waals surface area contributed by atoms with E-state index >= 15 is 0 Å². The lowest BCUT2D eigenvalue weighted by Gasteiger charge is -2.23. The van der Waals surface area contributed by atoms with Crippen LogP contribution in [-0.2, 0) is 16.1 Å². The van der Waals surface area contributed by atoms with Gasteiger partial charge in [-0.1, -0.05) is 36.4 Å². The summed E-state index contributed by atoms with van der Waals surface area (Å²) in [5.41, 5.74) is 3.67. The minimum atomic E-state index is -0.399. The highest BCUT2D eigenvalue weighted by Crippen LogP contribution is 2.50. The molecule has 216 valence electrons. The van der Waals surface area contributed by atoms with Crippen LogP contribution in [0.3, 0.4) is 0 Å². The van der Waals surface area contributed by atoms with E-state index in [9.17, 15) is 14.0 Å². The number of aromatic nitrogens is 2. The maximum Gasteiger partial charge on any atom is 0.240 e. The van der Waals surface area contributed by atoms with Crippen LogP contribution in [0.2, 0.25) is 0 Å². The number of benzene rings is 3. The number of nitrogens with one attached hydrogen (secondary N) is 1. The van der Waals surface area contributed by atoms with E-state index in [-0.39, 0.29) is 42.7 Å². The van der Waals surface area contributed by atoms with Crippen LogP contribution in [0.4, 0.5) is 10.2 Å². The van der Waals surface area contributed by atoms with E-state index in [1.165, 1.54) is 35.1 Å². The van der Waals surface area contributed by atoms with Crippen LogP contribution in [0.25, 0.3) is 16.9 Å². The van der Waals surface area contributed by atoms with E-state index in [1.807, 2.05) is 48.5 Å². The van der Waals surface area contributed by atoms with Crippen molar-refractivity contribution in [3.8, 4) is 28.4 Å². The molecule has 0 bridgehead atoms. The molecule has 0 saturated heterocycles. The fourth-order valence-electron chi connectivity index (χ4n) is 5.23. The van der Waals surface area contributed by atoms with Gasteiger partial charge >= 0.3 is 0 Å². The molecule has 1 N–H and O–H groups in total. The third-order valence-electron chi connectivity index (χ3n) is 7.25. The number of carbonyl (C=O) groups excluding carboxylic acids is 2. The van der Waals surface area contributed by atoms with Gasteiger partial charge in [0, 0.05) is 11.1 Å². The molecule has 11 heteroatoms. The van der Waals surface area contributed by atoms with Crippen molar-refractivity contribution < 1.29 is 27.9 Å². The number of halogens is 1. The van der Waals surface area contributed by atoms with Crippen molar-refractivity contribution in [1.82, 2.24) is 15.1 Å². The number of ether oxygens (including phenoxy) is 2. The minimum absolute atomic E-state index is 0.108. The number of thioether (sulfide) groups is 1. The van der Waals surface area contributed by atoms with Gasteiger partial charge in [-0.25, -0.2) is 9.07 Å². The summed E-state index contributed by atoms with van der Waals surface area (Å²) in [5.74, 6) is 1.39. The van der Waals surface area contributed by atoms with Gasteiger partial charge in [-0.05, 0) is 54.1 Å². The topological polar surface area (TPSA) is 98.8 Å². The molecule has 5 aromatic rings. The summed E-state index contributed by atoms with van der Waals surface area (Å²) < 4.78 is 32.2. The van der Waals surface area contributed by atoms with Crippen LogP contribution < -0.4 is 19.7 Å². The number of amides is 2. The molecule has 0 saturated carbocycles. The highest BCUT2D eigenvalue weighted by molar-refractivity contribution is 8.00. The van der Waals surface area contributed by atoms with Gasteiger partial charge in [-0.3, -0.25) is 14.5 Å². The molecule has 7 rings (SSSR count). The largest absolute Gasteiger partial charge is 0.467 e. The summed E-state index contributed by atoms with van der Waals surface area (Å²) >= 11 is 1.45. The number of anilines is 1. The molecule has 2 aromatic heterocycles. The summed E-state index contributed by atoms with van der Waals surface area (Å²) in [7, 11) is 0. The molecule has 0 fully saturated rings. The molecule has 2 amide bonds. The molecule has 2 aliphatic heterocycles. The maximum absolute atomic E-state index is 14.0. The first kappa shape index (κ1) is 26.8. The van der Waals surface area contributed by atoms with Gasteiger partial charge in [0.25, 0.3) is 0 Å². The normalized spacial score (nSPS) is 15.7. The van der Waals surface area contributed by atoms with Gasteiger partial charge in [0.1, 0.15) is 23.9 Å². The third-order valence-corrected chi connectivity index (χ3v) is 8.50. The summed E-state index contributed by atoms with van der Waals surface area (Å²) in [6.45, 7) is 0.0723. The number of hydrogen-bond donors (Lipinski definition) is 1. The lowest BCUT2D eigenvalue weighted by molar-refractivity contribution is -0.123. The van der Waals surface area contributed by atoms with Crippen molar-refractivity contribution >= 4 is 29.4 Å². The smallest absolute Gasteiger partial charge is 0.240 e. The van der Waals surface area contributed by atoms with Crippen LogP contribution in [0.5, 0.6) is 11.5 Å². The number of fused-ring (bicyclic) bond motifs is 2. The van der Waals surface area contributed by atoms with Crippen LogP contribution in [-0.4, -0.2) is 40.7 Å².